The van der Waals surface area contributed by atoms with Crippen molar-refractivity contribution < 1.29 is 4.79 Å². The number of hydrogen-bond acceptors (Lipinski definition) is 2. The lowest BCUT2D eigenvalue weighted by Gasteiger charge is -2.16. The lowest BCUT2D eigenvalue weighted by molar-refractivity contribution is 0.0945. The molecule has 17 heavy (non-hydrogen) atoms. The van der Waals surface area contributed by atoms with E-state index in [-0.39, 0.29) is 11.1 Å². The maximum Gasteiger partial charge on any atom is 0.252 e. The van der Waals surface area contributed by atoms with Crippen LogP contribution in [0.15, 0.2) is 12.3 Å². The molecular weight excluding hydrogens is 259 g/mol. The van der Waals surface area contributed by atoms with Gasteiger partial charge in [0.25, 0.3) is 5.91 Å². The number of hydrogen-bond donors (Lipinski definition) is 1. The molecule has 0 aromatic carbocycles. The summed E-state index contributed by atoms with van der Waals surface area (Å²) >= 11 is 11.6. The van der Waals surface area contributed by atoms with Crippen molar-refractivity contribution in [3.63, 3.8) is 0 Å². The van der Waals surface area contributed by atoms with Crippen LogP contribution in [0.25, 0.3) is 0 Å². The minimum absolute atomic E-state index is 0.216. The highest BCUT2D eigenvalue weighted by Crippen LogP contribution is 2.18. The molecule has 0 aliphatic heterocycles. The van der Waals surface area contributed by atoms with Crippen molar-refractivity contribution in [2.45, 2.75) is 20.8 Å². The van der Waals surface area contributed by atoms with E-state index in [2.05, 4.69) is 31.1 Å². The van der Waals surface area contributed by atoms with Gasteiger partial charge in [0.1, 0.15) is 5.15 Å². The predicted molar refractivity (Wildman–Crippen MR) is 70.6 cm³/mol. The van der Waals surface area contributed by atoms with E-state index in [1.54, 1.807) is 0 Å². The van der Waals surface area contributed by atoms with E-state index in [4.69, 9.17) is 23.2 Å². The molecule has 1 atom stereocenters. The van der Waals surface area contributed by atoms with E-state index < -0.39 is 0 Å². The minimum Gasteiger partial charge on any atom is -0.352 e. The maximum absolute atomic E-state index is 11.9. The van der Waals surface area contributed by atoms with Crippen LogP contribution in [-0.2, 0) is 0 Å². The van der Waals surface area contributed by atoms with Gasteiger partial charge in [-0.2, -0.15) is 0 Å². The van der Waals surface area contributed by atoms with Crippen LogP contribution in [0.2, 0.25) is 10.2 Å². The van der Waals surface area contributed by atoms with Crippen molar-refractivity contribution >= 4 is 29.1 Å². The summed E-state index contributed by atoms with van der Waals surface area (Å²) in [6, 6.07) is 1.47. The largest absolute Gasteiger partial charge is 0.352 e. The van der Waals surface area contributed by atoms with Crippen molar-refractivity contribution in [2.24, 2.45) is 11.8 Å². The second-order valence-corrected chi connectivity index (χ2v) is 5.21. The number of nitrogens with zero attached hydrogens (tertiary/aromatic N) is 1. The van der Waals surface area contributed by atoms with Crippen LogP contribution < -0.4 is 5.32 Å². The number of rotatable bonds is 4. The summed E-state index contributed by atoms with van der Waals surface area (Å²) in [5.41, 5.74) is 0.364. The van der Waals surface area contributed by atoms with Gasteiger partial charge in [0.05, 0.1) is 10.6 Å². The van der Waals surface area contributed by atoms with E-state index >= 15 is 0 Å². The van der Waals surface area contributed by atoms with Crippen LogP contribution in [-0.4, -0.2) is 17.4 Å². The fraction of sp³-hybridized carbons (Fsp3) is 0.500. The Labute approximate surface area is 112 Å². The first-order chi connectivity index (χ1) is 7.91. The molecule has 0 saturated carbocycles. The summed E-state index contributed by atoms with van der Waals surface area (Å²) in [7, 11) is 0. The maximum atomic E-state index is 11.9. The van der Waals surface area contributed by atoms with Crippen LogP contribution in [0.5, 0.6) is 0 Å². The van der Waals surface area contributed by atoms with Gasteiger partial charge < -0.3 is 5.32 Å². The Kier molecular flexibility index (Phi) is 5.22. The standard InChI is InChI=1S/C12H16Cl2N2O/c1-7(2)8(3)5-16-12(17)9-4-11(14)15-6-10(9)13/h4,6-8H,5H2,1-3H3,(H,16,17). The molecule has 1 aromatic heterocycles. The molecule has 0 spiro atoms. The zero-order valence-corrected chi connectivity index (χ0v) is 11.6. The number of nitrogens with one attached hydrogen (secondary N) is 1. The Bertz CT molecular complexity index is 407. The molecule has 0 aliphatic carbocycles. The Morgan fingerprint density at radius 2 is 2.06 bits per heavy atom. The average molecular weight is 275 g/mol. The number of amides is 1. The molecular formula is C12H16Cl2N2O. The predicted octanol–water partition coefficient (Wildman–Crippen LogP) is 3.41. The van der Waals surface area contributed by atoms with E-state index in [1.165, 1.54) is 12.3 Å². The van der Waals surface area contributed by atoms with E-state index in [0.29, 0.717) is 29.0 Å². The lowest BCUT2D eigenvalue weighted by atomic mass is 9.98. The monoisotopic (exact) mass is 274 g/mol. The highest BCUT2D eigenvalue weighted by molar-refractivity contribution is 6.35. The molecule has 1 heterocycles. The molecule has 0 aliphatic rings. The molecule has 1 N–H and O–H groups in total. The van der Waals surface area contributed by atoms with Gasteiger partial charge in [0.15, 0.2) is 0 Å². The molecule has 0 fully saturated rings. The minimum atomic E-state index is -0.216. The zero-order chi connectivity index (χ0) is 13.0. The van der Waals surface area contributed by atoms with Crippen molar-refractivity contribution in [2.75, 3.05) is 6.54 Å². The summed E-state index contributed by atoms with van der Waals surface area (Å²) in [6.45, 7) is 6.94. The molecule has 0 saturated heterocycles. The van der Waals surface area contributed by atoms with Crippen LogP contribution >= 0.6 is 23.2 Å². The van der Waals surface area contributed by atoms with E-state index in [0.717, 1.165) is 0 Å². The molecule has 1 rings (SSSR count). The molecule has 3 nitrogen and oxygen atoms in total. The molecule has 0 radical (unpaired) electrons. The Balaban J connectivity index is 2.67. The number of pyridine rings is 1. The topological polar surface area (TPSA) is 42.0 Å². The van der Waals surface area contributed by atoms with Crippen molar-refractivity contribution in [3.05, 3.63) is 28.0 Å². The highest BCUT2D eigenvalue weighted by atomic mass is 35.5. The second-order valence-electron chi connectivity index (χ2n) is 4.42. The van der Waals surface area contributed by atoms with E-state index in [9.17, 15) is 4.79 Å². The van der Waals surface area contributed by atoms with Gasteiger partial charge in [0.2, 0.25) is 0 Å². The SMILES string of the molecule is CC(C)C(C)CNC(=O)c1cc(Cl)ncc1Cl. The number of carbonyl (C=O) groups is 1. The first-order valence-electron chi connectivity index (χ1n) is 5.51. The zero-order valence-electron chi connectivity index (χ0n) is 10.1. The molecule has 0 bridgehead atoms. The van der Waals surface area contributed by atoms with Crippen molar-refractivity contribution in [1.82, 2.24) is 10.3 Å². The third-order valence-corrected chi connectivity index (χ3v) is 3.30. The molecule has 1 aromatic rings. The van der Waals surface area contributed by atoms with Crippen molar-refractivity contribution in [3.8, 4) is 0 Å². The number of carbonyl (C=O) groups excluding carboxylic acids is 1. The first-order valence-corrected chi connectivity index (χ1v) is 6.26. The van der Waals surface area contributed by atoms with Gasteiger partial charge in [-0.05, 0) is 17.9 Å². The Morgan fingerprint density at radius 1 is 1.41 bits per heavy atom. The highest BCUT2D eigenvalue weighted by Gasteiger charge is 2.13. The van der Waals surface area contributed by atoms with Gasteiger partial charge in [-0.15, -0.1) is 0 Å². The fourth-order valence-electron chi connectivity index (χ4n) is 1.17. The van der Waals surface area contributed by atoms with Crippen LogP contribution in [0.1, 0.15) is 31.1 Å². The average Bonchev–Trinajstić information content (AvgIpc) is 2.28. The number of halogens is 2. The van der Waals surface area contributed by atoms with Gasteiger partial charge in [-0.3, -0.25) is 4.79 Å². The molecule has 1 amide bonds. The summed E-state index contributed by atoms with van der Waals surface area (Å²) in [5.74, 6) is 0.716. The summed E-state index contributed by atoms with van der Waals surface area (Å²) in [5, 5.41) is 3.41. The molecule has 1 unspecified atom stereocenters. The Morgan fingerprint density at radius 3 is 2.65 bits per heavy atom. The van der Waals surface area contributed by atoms with Gasteiger partial charge in [-0.1, -0.05) is 44.0 Å². The van der Waals surface area contributed by atoms with Crippen LogP contribution in [0.3, 0.4) is 0 Å². The van der Waals surface area contributed by atoms with Crippen LogP contribution in [0.4, 0.5) is 0 Å². The second kappa shape index (κ2) is 6.22. The fourth-order valence-corrected chi connectivity index (χ4v) is 1.52. The normalized spacial score (nSPS) is 12.6. The number of aromatic nitrogens is 1. The Hall–Kier alpha value is -0.800. The third kappa shape index (κ3) is 4.17. The summed E-state index contributed by atoms with van der Waals surface area (Å²) in [6.07, 6.45) is 1.38. The quantitative estimate of drug-likeness (QED) is 0.855. The van der Waals surface area contributed by atoms with Gasteiger partial charge in [0, 0.05) is 12.7 Å². The van der Waals surface area contributed by atoms with Gasteiger partial charge >= 0.3 is 0 Å². The van der Waals surface area contributed by atoms with E-state index in [1.807, 2.05) is 0 Å². The first kappa shape index (κ1) is 14.3. The summed E-state index contributed by atoms with van der Waals surface area (Å²) in [4.78, 5) is 15.7. The van der Waals surface area contributed by atoms with Gasteiger partial charge in [-0.25, -0.2) is 4.98 Å². The van der Waals surface area contributed by atoms with Crippen LogP contribution in [0, 0.1) is 11.8 Å². The third-order valence-electron chi connectivity index (χ3n) is 2.79. The smallest absolute Gasteiger partial charge is 0.252 e. The lowest BCUT2D eigenvalue weighted by Crippen LogP contribution is -2.30. The summed E-state index contributed by atoms with van der Waals surface area (Å²) < 4.78 is 0. The van der Waals surface area contributed by atoms with Crippen molar-refractivity contribution in [1.29, 1.82) is 0 Å². The molecule has 94 valence electrons. The molecule has 5 heteroatoms.